The van der Waals surface area contributed by atoms with Gasteiger partial charge >= 0.3 is 0 Å². The van der Waals surface area contributed by atoms with Gasteiger partial charge in [-0.15, -0.1) is 0 Å². The van der Waals surface area contributed by atoms with Crippen molar-refractivity contribution in [2.75, 3.05) is 33.9 Å². The fourth-order valence-electron chi connectivity index (χ4n) is 2.84. The Bertz CT molecular complexity index is 606. The molecule has 0 amide bonds. The topological polar surface area (TPSA) is 60.7 Å². The smallest absolute Gasteiger partial charge is 0.193 e. The minimum Gasteiger partial charge on any atom is -0.381 e. The molecule has 0 aromatic heterocycles. The first-order valence-corrected chi connectivity index (χ1v) is 8.32. The van der Waals surface area contributed by atoms with Crippen LogP contribution < -0.4 is 5.32 Å². The number of halogens is 1. The minimum absolute atomic E-state index is 0.328. The highest BCUT2D eigenvalue weighted by molar-refractivity contribution is 5.79. The number of benzene rings is 1. The van der Waals surface area contributed by atoms with E-state index in [-0.39, 0.29) is 5.82 Å². The van der Waals surface area contributed by atoms with Crippen LogP contribution in [0.5, 0.6) is 0 Å². The van der Waals surface area contributed by atoms with E-state index in [9.17, 15) is 4.39 Å². The lowest BCUT2D eigenvalue weighted by Gasteiger charge is -2.26. The maximum atomic E-state index is 13.9. The molecule has 2 rings (SSSR count). The fraction of sp³-hybridized carbons (Fsp3) is 0.556. The largest absolute Gasteiger partial charge is 0.381 e. The van der Waals surface area contributed by atoms with Gasteiger partial charge < -0.3 is 15.0 Å². The zero-order valence-electron chi connectivity index (χ0n) is 14.4. The molecule has 1 aliphatic heterocycles. The predicted molar refractivity (Wildman–Crippen MR) is 92.1 cm³/mol. The van der Waals surface area contributed by atoms with Crippen LogP contribution in [0.25, 0.3) is 0 Å². The summed E-state index contributed by atoms with van der Waals surface area (Å²) in [6.45, 7) is 2.96. The third kappa shape index (κ3) is 5.20. The molecule has 0 saturated carbocycles. The Balaban J connectivity index is 1.84. The van der Waals surface area contributed by atoms with Gasteiger partial charge in [-0.3, -0.25) is 4.99 Å². The first kappa shape index (κ1) is 18.2. The highest BCUT2D eigenvalue weighted by atomic mass is 19.1. The number of nitrogens with one attached hydrogen (secondary N) is 1. The number of ether oxygens (including phenoxy) is 1. The van der Waals surface area contributed by atoms with Gasteiger partial charge in [0, 0.05) is 46.0 Å². The van der Waals surface area contributed by atoms with Crippen molar-refractivity contribution in [3.8, 4) is 6.07 Å². The average Bonchev–Trinajstić information content (AvgIpc) is 2.62. The Hall–Kier alpha value is -2.13. The summed E-state index contributed by atoms with van der Waals surface area (Å²) < 4.78 is 19.3. The molecule has 130 valence electrons. The summed E-state index contributed by atoms with van der Waals surface area (Å²) in [4.78, 5) is 6.33. The summed E-state index contributed by atoms with van der Waals surface area (Å²) in [6, 6.07) is 6.45. The normalized spacial score (nSPS) is 15.8. The minimum atomic E-state index is -0.373. The lowest BCUT2D eigenvalue weighted by Crippen LogP contribution is -2.39. The van der Waals surface area contributed by atoms with Crippen molar-refractivity contribution >= 4 is 5.96 Å². The highest BCUT2D eigenvalue weighted by Crippen LogP contribution is 2.18. The van der Waals surface area contributed by atoms with Crippen molar-refractivity contribution in [1.29, 1.82) is 5.26 Å². The summed E-state index contributed by atoms with van der Waals surface area (Å²) in [5, 5.41) is 12.0. The van der Waals surface area contributed by atoms with Gasteiger partial charge in [-0.2, -0.15) is 5.26 Å². The van der Waals surface area contributed by atoms with Crippen molar-refractivity contribution in [3.05, 3.63) is 35.1 Å². The summed E-state index contributed by atoms with van der Waals surface area (Å²) >= 11 is 0. The second-order valence-electron chi connectivity index (χ2n) is 6.08. The van der Waals surface area contributed by atoms with Crippen molar-refractivity contribution in [3.63, 3.8) is 0 Å². The molecule has 0 atom stereocenters. The van der Waals surface area contributed by atoms with Gasteiger partial charge in [-0.25, -0.2) is 4.39 Å². The van der Waals surface area contributed by atoms with Crippen molar-refractivity contribution in [2.24, 2.45) is 10.9 Å². The third-order valence-electron chi connectivity index (χ3n) is 4.41. The SMILES string of the molecule is CN=C(NCc1ccc(C#N)cc1F)N(C)CCC1CCOCC1. The molecular weight excluding hydrogens is 307 g/mol. The zero-order valence-corrected chi connectivity index (χ0v) is 14.4. The molecule has 1 aromatic carbocycles. The van der Waals surface area contributed by atoms with Gasteiger partial charge in [0.05, 0.1) is 11.6 Å². The Kier molecular flexibility index (Phi) is 7.01. The zero-order chi connectivity index (χ0) is 17.4. The molecule has 1 fully saturated rings. The Morgan fingerprint density at radius 3 is 2.83 bits per heavy atom. The van der Waals surface area contributed by atoms with E-state index < -0.39 is 0 Å². The number of nitriles is 1. The van der Waals surface area contributed by atoms with Crippen LogP contribution in [-0.2, 0) is 11.3 Å². The van der Waals surface area contributed by atoms with Crippen molar-refractivity contribution in [1.82, 2.24) is 10.2 Å². The maximum Gasteiger partial charge on any atom is 0.193 e. The Labute approximate surface area is 143 Å². The number of rotatable bonds is 5. The van der Waals surface area contributed by atoms with Crippen LogP contribution in [0, 0.1) is 23.1 Å². The van der Waals surface area contributed by atoms with Crippen LogP contribution in [0.4, 0.5) is 4.39 Å². The van der Waals surface area contributed by atoms with Crippen LogP contribution in [0.2, 0.25) is 0 Å². The molecule has 1 aromatic rings. The van der Waals surface area contributed by atoms with Gasteiger partial charge in [0.1, 0.15) is 5.82 Å². The number of guanidine groups is 1. The number of nitrogens with zero attached hydrogens (tertiary/aromatic N) is 3. The lowest BCUT2D eigenvalue weighted by atomic mass is 9.96. The van der Waals surface area contributed by atoms with Crippen LogP contribution in [-0.4, -0.2) is 44.7 Å². The van der Waals surface area contributed by atoms with Crippen LogP contribution in [0.1, 0.15) is 30.4 Å². The molecule has 0 radical (unpaired) electrons. The fourth-order valence-corrected chi connectivity index (χ4v) is 2.84. The second-order valence-corrected chi connectivity index (χ2v) is 6.08. The van der Waals surface area contributed by atoms with Gasteiger partial charge in [0.15, 0.2) is 5.96 Å². The van der Waals surface area contributed by atoms with Crippen LogP contribution in [0.3, 0.4) is 0 Å². The van der Waals surface area contributed by atoms with Gasteiger partial charge in [-0.05, 0) is 37.3 Å². The monoisotopic (exact) mass is 332 g/mol. The number of hydrogen-bond donors (Lipinski definition) is 1. The van der Waals surface area contributed by atoms with E-state index in [4.69, 9.17) is 10.00 Å². The number of aliphatic imine (C=N–C) groups is 1. The molecule has 24 heavy (non-hydrogen) atoms. The van der Waals surface area contributed by atoms with E-state index in [2.05, 4.69) is 15.2 Å². The lowest BCUT2D eigenvalue weighted by molar-refractivity contribution is 0.0625. The molecule has 1 saturated heterocycles. The van der Waals surface area contributed by atoms with E-state index in [1.54, 1.807) is 19.2 Å². The standard InChI is InChI=1S/C18H25FN4O/c1-21-18(23(2)8-5-14-6-9-24-10-7-14)22-13-16-4-3-15(12-20)11-17(16)19/h3-4,11,14H,5-10,13H2,1-2H3,(H,21,22). The van der Waals surface area contributed by atoms with Gasteiger partial charge in [0.25, 0.3) is 0 Å². The van der Waals surface area contributed by atoms with Crippen molar-refractivity contribution in [2.45, 2.75) is 25.8 Å². The first-order valence-electron chi connectivity index (χ1n) is 8.32. The van der Waals surface area contributed by atoms with E-state index in [1.165, 1.54) is 6.07 Å². The predicted octanol–water partition coefficient (Wildman–Crippen LogP) is 2.52. The highest BCUT2D eigenvalue weighted by Gasteiger charge is 2.15. The third-order valence-corrected chi connectivity index (χ3v) is 4.41. The molecule has 0 spiro atoms. The van der Waals surface area contributed by atoms with Gasteiger partial charge in [-0.1, -0.05) is 6.07 Å². The van der Waals surface area contributed by atoms with E-state index in [0.29, 0.717) is 23.6 Å². The molecule has 0 unspecified atom stereocenters. The van der Waals surface area contributed by atoms with Gasteiger partial charge in [0.2, 0.25) is 0 Å². The Morgan fingerprint density at radius 1 is 1.46 bits per heavy atom. The molecule has 5 nitrogen and oxygen atoms in total. The molecule has 0 aliphatic carbocycles. The number of hydrogen-bond acceptors (Lipinski definition) is 3. The average molecular weight is 332 g/mol. The molecule has 6 heteroatoms. The van der Waals surface area contributed by atoms with E-state index in [1.807, 2.05) is 13.1 Å². The van der Waals surface area contributed by atoms with E-state index in [0.717, 1.165) is 45.0 Å². The molecular formula is C18H25FN4O. The van der Waals surface area contributed by atoms with E-state index >= 15 is 0 Å². The molecule has 1 aliphatic rings. The van der Waals surface area contributed by atoms with Crippen LogP contribution in [0.15, 0.2) is 23.2 Å². The summed E-state index contributed by atoms with van der Waals surface area (Å²) in [5.41, 5.74) is 0.849. The molecule has 1 N–H and O–H groups in total. The second kappa shape index (κ2) is 9.24. The molecule has 0 bridgehead atoms. The summed E-state index contributed by atoms with van der Waals surface area (Å²) in [6.07, 6.45) is 3.35. The maximum absolute atomic E-state index is 13.9. The van der Waals surface area contributed by atoms with Crippen LogP contribution >= 0.6 is 0 Å². The van der Waals surface area contributed by atoms with Crippen molar-refractivity contribution < 1.29 is 9.13 Å². The molecule has 1 heterocycles. The first-order chi connectivity index (χ1) is 11.6. The quantitative estimate of drug-likeness (QED) is 0.665. The summed E-state index contributed by atoms with van der Waals surface area (Å²) in [7, 11) is 3.71. The summed E-state index contributed by atoms with van der Waals surface area (Å²) in [5.74, 6) is 1.07. The Morgan fingerprint density at radius 2 is 2.21 bits per heavy atom.